The molecule has 1 aliphatic rings. The minimum absolute atomic E-state index is 0.0683. The van der Waals surface area contributed by atoms with E-state index < -0.39 is 12.1 Å². The number of carbonyl (C=O) groups excluding carboxylic acids is 1. The van der Waals surface area contributed by atoms with Gasteiger partial charge in [-0.15, -0.1) is 0 Å². The van der Waals surface area contributed by atoms with Crippen molar-refractivity contribution in [2.75, 3.05) is 13.2 Å². The van der Waals surface area contributed by atoms with E-state index in [0.29, 0.717) is 18.8 Å². The smallest absolute Gasteiger partial charge is 0.381 e. The van der Waals surface area contributed by atoms with E-state index in [0.717, 1.165) is 12.0 Å². The van der Waals surface area contributed by atoms with Crippen LogP contribution < -0.4 is 0 Å². The van der Waals surface area contributed by atoms with Crippen LogP contribution in [0.2, 0.25) is 0 Å². The van der Waals surface area contributed by atoms with Gasteiger partial charge in [-0.3, -0.25) is 4.79 Å². The van der Waals surface area contributed by atoms with Crippen molar-refractivity contribution in [3.05, 3.63) is 35.7 Å². The Hall–Kier alpha value is -2.22. The highest BCUT2D eigenvalue weighted by molar-refractivity contribution is 5.83. The number of halogens is 3. The van der Waals surface area contributed by atoms with Gasteiger partial charge in [0.15, 0.2) is 0 Å². The Morgan fingerprint density at radius 2 is 2.00 bits per heavy atom. The van der Waals surface area contributed by atoms with Crippen molar-refractivity contribution in [2.24, 2.45) is 5.92 Å². The maximum atomic E-state index is 12.4. The van der Waals surface area contributed by atoms with Crippen molar-refractivity contribution in [3.63, 3.8) is 0 Å². The average Bonchev–Trinajstić information content (AvgIpc) is 3.19. The molecule has 1 saturated heterocycles. The molecule has 2 heterocycles. The van der Waals surface area contributed by atoms with Crippen LogP contribution in [0.5, 0.6) is 0 Å². The van der Waals surface area contributed by atoms with Gasteiger partial charge in [-0.2, -0.15) is 18.2 Å². The molecular formula is C15H13F3N2O3. The second-order valence-corrected chi connectivity index (χ2v) is 5.32. The number of benzene rings is 1. The van der Waals surface area contributed by atoms with E-state index in [1.165, 1.54) is 0 Å². The molecule has 8 heteroatoms. The minimum Gasteiger partial charge on any atom is -0.381 e. The van der Waals surface area contributed by atoms with Gasteiger partial charge in [0, 0.05) is 24.5 Å². The van der Waals surface area contributed by atoms with E-state index in [1.807, 2.05) is 0 Å². The van der Waals surface area contributed by atoms with Gasteiger partial charge in [0.25, 0.3) is 0 Å². The maximum Gasteiger partial charge on any atom is 0.471 e. The monoisotopic (exact) mass is 326 g/mol. The normalized spacial score (nSPS) is 18.3. The second-order valence-electron chi connectivity index (χ2n) is 5.32. The number of ether oxygens (including phenoxy) is 1. The molecule has 2 aromatic rings. The first kappa shape index (κ1) is 15.7. The van der Waals surface area contributed by atoms with Crippen LogP contribution in [0, 0.1) is 5.92 Å². The average molecular weight is 326 g/mol. The fourth-order valence-corrected chi connectivity index (χ4v) is 2.36. The number of alkyl halides is 3. The lowest BCUT2D eigenvalue weighted by Gasteiger charge is -2.06. The quantitative estimate of drug-likeness (QED) is 0.864. The van der Waals surface area contributed by atoms with E-state index in [2.05, 4.69) is 14.7 Å². The van der Waals surface area contributed by atoms with Crippen LogP contribution in [-0.4, -0.2) is 29.1 Å². The maximum absolute atomic E-state index is 12.4. The number of hydrogen-bond acceptors (Lipinski definition) is 5. The molecule has 122 valence electrons. The van der Waals surface area contributed by atoms with Gasteiger partial charge in [0.2, 0.25) is 5.82 Å². The van der Waals surface area contributed by atoms with Crippen molar-refractivity contribution >= 4 is 5.78 Å². The molecule has 1 aromatic carbocycles. The fraction of sp³-hybridized carbons (Fsp3) is 0.400. The van der Waals surface area contributed by atoms with Gasteiger partial charge in [-0.1, -0.05) is 29.4 Å². The summed E-state index contributed by atoms with van der Waals surface area (Å²) in [5.41, 5.74) is 1.18. The highest BCUT2D eigenvalue weighted by atomic mass is 19.4. The third-order valence-electron chi connectivity index (χ3n) is 3.64. The number of rotatable bonds is 4. The van der Waals surface area contributed by atoms with Crippen molar-refractivity contribution in [2.45, 2.75) is 19.0 Å². The third-order valence-corrected chi connectivity index (χ3v) is 3.64. The Morgan fingerprint density at radius 1 is 1.26 bits per heavy atom. The number of nitrogens with zero attached hydrogens (tertiary/aromatic N) is 2. The number of carbonyl (C=O) groups is 1. The molecular weight excluding hydrogens is 313 g/mol. The van der Waals surface area contributed by atoms with Crippen LogP contribution in [0.1, 0.15) is 17.9 Å². The topological polar surface area (TPSA) is 65.2 Å². The Morgan fingerprint density at radius 3 is 2.57 bits per heavy atom. The summed E-state index contributed by atoms with van der Waals surface area (Å²) in [5.74, 6) is -1.48. The summed E-state index contributed by atoms with van der Waals surface area (Å²) >= 11 is 0. The fourth-order valence-electron chi connectivity index (χ4n) is 2.36. The van der Waals surface area contributed by atoms with Gasteiger partial charge in [-0.25, -0.2) is 0 Å². The predicted octanol–water partition coefficient (Wildman–Crippen LogP) is 2.90. The molecule has 3 rings (SSSR count). The lowest BCUT2D eigenvalue weighted by molar-refractivity contribution is -0.159. The zero-order valence-electron chi connectivity index (χ0n) is 12.0. The minimum atomic E-state index is -4.67. The molecule has 0 N–H and O–H groups in total. The molecule has 0 bridgehead atoms. The van der Waals surface area contributed by atoms with Gasteiger partial charge < -0.3 is 9.26 Å². The Labute approximate surface area is 129 Å². The zero-order valence-corrected chi connectivity index (χ0v) is 12.0. The molecule has 1 atom stereocenters. The van der Waals surface area contributed by atoms with Crippen molar-refractivity contribution in [1.29, 1.82) is 0 Å². The van der Waals surface area contributed by atoms with E-state index >= 15 is 0 Å². The first-order valence-electron chi connectivity index (χ1n) is 7.04. The summed E-state index contributed by atoms with van der Waals surface area (Å²) in [6, 6.07) is 6.48. The molecule has 1 aliphatic heterocycles. The largest absolute Gasteiger partial charge is 0.471 e. The van der Waals surface area contributed by atoms with Gasteiger partial charge in [-0.05, 0) is 12.0 Å². The van der Waals surface area contributed by atoms with Crippen molar-refractivity contribution in [1.82, 2.24) is 10.1 Å². The first-order chi connectivity index (χ1) is 10.9. The molecule has 5 nitrogen and oxygen atoms in total. The predicted molar refractivity (Wildman–Crippen MR) is 72.4 cm³/mol. The number of ketones is 1. The molecule has 0 aliphatic carbocycles. The summed E-state index contributed by atoms with van der Waals surface area (Å²) in [7, 11) is 0. The van der Waals surface area contributed by atoms with Crippen LogP contribution in [0.25, 0.3) is 11.4 Å². The number of aromatic nitrogens is 2. The zero-order chi connectivity index (χ0) is 16.4. The second kappa shape index (κ2) is 6.11. The lowest BCUT2D eigenvalue weighted by atomic mass is 9.97. The SMILES string of the molecule is O=C(Cc1ccc(-c2noc(C(F)(F)F)n2)cc1)C1CCOC1. The molecule has 23 heavy (non-hydrogen) atoms. The summed E-state index contributed by atoms with van der Waals surface area (Å²) in [5, 5.41) is 3.32. The summed E-state index contributed by atoms with van der Waals surface area (Å²) in [6.45, 7) is 1.06. The van der Waals surface area contributed by atoms with Crippen molar-refractivity contribution < 1.29 is 27.2 Å². The number of Topliss-reactive ketones (excluding diaryl/α,β-unsaturated/α-hetero) is 1. The molecule has 0 radical (unpaired) electrons. The van der Waals surface area contributed by atoms with Gasteiger partial charge in [0.1, 0.15) is 5.78 Å². The van der Waals surface area contributed by atoms with Crippen LogP contribution in [0.3, 0.4) is 0 Å². The van der Waals surface area contributed by atoms with Crippen LogP contribution in [0.4, 0.5) is 13.2 Å². The third kappa shape index (κ3) is 3.58. The summed E-state index contributed by atoms with van der Waals surface area (Å²) < 4.78 is 46.7. The van der Waals surface area contributed by atoms with Gasteiger partial charge in [0.05, 0.1) is 6.61 Å². The molecule has 0 spiro atoms. The van der Waals surface area contributed by atoms with E-state index in [4.69, 9.17) is 4.74 Å². The lowest BCUT2D eigenvalue weighted by Crippen LogP contribution is -2.16. The Bertz CT molecular complexity index is 689. The molecule has 0 amide bonds. The van der Waals surface area contributed by atoms with E-state index in [9.17, 15) is 18.0 Å². The van der Waals surface area contributed by atoms with E-state index in [1.54, 1.807) is 24.3 Å². The van der Waals surface area contributed by atoms with Gasteiger partial charge >= 0.3 is 12.1 Å². The van der Waals surface area contributed by atoms with Crippen molar-refractivity contribution in [3.8, 4) is 11.4 Å². The molecule has 1 unspecified atom stereocenters. The first-order valence-corrected chi connectivity index (χ1v) is 7.04. The summed E-state index contributed by atoms with van der Waals surface area (Å²) in [4.78, 5) is 15.4. The molecule has 0 saturated carbocycles. The number of hydrogen-bond donors (Lipinski definition) is 0. The van der Waals surface area contributed by atoms with E-state index in [-0.39, 0.29) is 23.9 Å². The van der Waals surface area contributed by atoms with Crippen LogP contribution >= 0.6 is 0 Å². The Balaban J connectivity index is 1.69. The van der Waals surface area contributed by atoms with Crippen LogP contribution in [0.15, 0.2) is 28.8 Å². The molecule has 1 fully saturated rings. The summed E-state index contributed by atoms with van der Waals surface area (Å²) in [6.07, 6.45) is -3.66. The van der Waals surface area contributed by atoms with Crippen LogP contribution in [-0.2, 0) is 22.1 Å². The highest BCUT2D eigenvalue weighted by Crippen LogP contribution is 2.29. The highest BCUT2D eigenvalue weighted by Gasteiger charge is 2.38. The standard InChI is InChI=1S/C15H13F3N2O3/c16-15(17,18)14-19-13(20-23-14)10-3-1-9(2-4-10)7-12(21)11-5-6-22-8-11/h1-4,11H,5-8H2. The molecule has 1 aromatic heterocycles. The Kier molecular flexibility index (Phi) is 4.16.